The fourth-order valence-corrected chi connectivity index (χ4v) is 3.76. The predicted octanol–water partition coefficient (Wildman–Crippen LogP) is 5.43. The minimum Gasteiger partial charge on any atom is -0.494 e. The van der Waals surface area contributed by atoms with Gasteiger partial charge in [0.05, 0.1) is 17.2 Å². The summed E-state index contributed by atoms with van der Waals surface area (Å²) in [5, 5.41) is 7.45. The average Bonchev–Trinajstić information content (AvgIpc) is 3.24. The largest absolute Gasteiger partial charge is 0.494 e. The molecular weight excluding hydrogens is 408 g/mol. The number of thiazole rings is 1. The van der Waals surface area contributed by atoms with Crippen molar-refractivity contribution in [3.05, 3.63) is 51.6 Å². The van der Waals surface area contributed by atoms with Crippen molar-refractivity contribution in [1.29, 1.82) is 0 Å². The Morgan fingerprint density at radius 2 is 2.04 bits per heavy atom. The van der Waals surface area contributed by atoms with Gasteiger partial charge < -0.3 is 10.1 Å². The first-order chi connectivity index (χ1) is 11.7. The van der Waals surface area contributed by atoms with Crippen LogP contribution in [0.1, 0.15) is 12.8 Å². The normalized spacial score (nSPS) is 10.5. The van der Waals surface area contributed by atoms with Crippen molar-refractivity contribution in [2.24, 2.45) is 0 Å². The second-order valence-corrected chi connectivity index (χ2v) is 7.69. The lowest BCUT2D eigenvalue weighted by Crippen LogP contribution is -2.12. The lowest BCUT2D eigenvalue weighted by Gasteiger charge is -2.06. The van der Waals surface area contributed by atoms with E-state index in [9.17, 15) is 4.79 Å². The molecule has 0 saturated heterocycles. The van der Waals surface area contributed by atoms with Gasteiger partial charge in [-0.15, -0.1) is 22.7 Å². The number of thiophene rings is 1. The smallest absolute Gasteiger partial charge is 0.226 e. The topological polar surface area (TPSA) is 51.2 Å². The molecule has 0 radical (unpaired) electrons. The average molecular weight is 423 g/mol. The van der Waals surface area contributed by atoms with Crippen LogP contribution >= 0.6 is 38.6 Å². The number of halogens is 1. The molecule has 1 amide bonds. The van der Waals surface area contributed by atoms with Crippen LogP contribution in [0.4, 0.5) is 5.13 Å². The van der Waals surface area contributed by atoms with E-state index < -0.39 is 0 Å². The van der Waals surface area contributed by atoms with Crippen LogP contribution in [-0.4, -0.2) is 17.5 Å². The maximum atomic E-state index is 12.0. The van der Waals surface area contributed by atoms with E-state index in [2.05, 4.69) is 26.2 Å². The number of carbonyl (C=O) groups is 1. The van der Waals surface area contributed by atoms with Gasteiger partial charge in [-0.3, -0.25) is 4.79 Å². The zero-order valence-corrected chi connectivity index (χ0v) is 15.9. The maximum absolute atomic E-state index is 12.0. The molecule has 1 N–H and O–H groups in total. The maximum Gasteiger partial charge on any atom is 0.226 e. The van der Waals surface area contributed by atoms with Gasteiger partial charge in [-0.25, -0.2) is 4.98 Å². The van der Waals surface area contributed by atoms with Crippen molar-refractivity contribution in [2.45, 2.75) is 12.8 Å². The predicted molar refractivity (Wildman–Crippen MR) is 103 cm³/mol. The van der Waals surface area contributed by atoms with Crippen LogP contribution in [0.2, 0.25) is 0 Å². The molecule has 4 nitrogen and oxygen atoms in total. The molecule has 0 atom stereocenters. The van der Waals surface area contributed by atoms with Gasteiger partial charge >= 0.3 is 0 Å². The molecule has 0 bridgehead atoms. The number of anilines is 1. The monoisotopic (exact) mass is 422 g/mol. The SMILES string of the molecule is O=C(CCCOc1ccc(Br)cc1)Nc1nc(-c2cccs2)cs1. The van der Waals surface area contributed by atoms with Gasteiger partial charge in [0.1, 0.15) is 5.75 Å². The number of hydrogen-bond donors (Lipinski definition) is 1. The van der Waals surface area contributed by atoms with Crippen LogP contribution in [0.15, 0.2) is 51.6 Å². The highest BCUT2D eigenvalue weighted by molar-refractivity contribution is 9.10. The van der Waals surface area contributed by atoms with Crippen LogP contribution in [0, 0.1) is 0 Å². The van der Waals surface area contributed by atoms with E-state index >= 15 is 0 Å². The van der Waals surface area contributed by atoms with Crippen molar-refractivity contribution in [3.63, 3.8) is 0 Å². The number of rotatable bonds is 7. The molecule has 2 aromatic heterocycles. The minimum atomic E-state index is -0.0403. The summed E-state index contributed by atoms with van der Waals surface area (Å²) in [4.78, 5) is 17.5. The van der Waals surface area contributed by atoms with E-state index in [1.165, 1.54) is 11.3 Å². The lowest BCUT2D eigenvalue weighted by molar-refractivity contribution is -0.116. The number of nitrogens with one attached hydrogen (secondary N) is 1. The molecular formula is C17H15BrN2O2S2. The summed E-state index contributed by atoms with van der Waals surface area (Å²) in [5.41, 5.74) is 0.906. The van der Waals surface area contributed by atoms with Crippen LogP contribution in [-0.2, 0) is 4.79 Å². The Morgan fingerprint density at radius 3 is 2.79 bits per heavy atom. The Hall–Kier alpha value is -1.70. The molecule has 2 heterocycles. The van der Waals surface area contributed by atoms with E-state index in [0.717, 1.165) is 20.8 Å². The Morgan fingerprint density at radius 1 is 1.21 bits per heavy atom. The standard InChI is InChI=1S/C17H15BrN2O2S2/c18-12-5-7-13(8-6-12)22-9-1-4-16(21)20-17-19-14(11-24-17)15-3-2-10-23-15/h2-3,5-8,10-11H,1,4,9H2,(H,19,20,21). The number of amides is 1. The third kappa shape index (κ3) is 4.90. The van der Waals surface area contributed by atoms with Gasteiger partial charge in [0.15, 0.2) is 5.13 Å². The molecule has 0 saturated carbocycles. The molecule has 0 fully saturated rings. The quantitative estimate of drug-likeness (QED) is 0.516. The van der Waals surface area contributed by atoms with E-state index in [0.29, 0.717) is 24.6 Å². The zero-order valence-electron chi connectivity index (χ0n) is 12.7. The molecule has 0 aliphatic rings. The summed E-state index contributed by atoms with van der Waals surface area (Å²) in [6.07, 6.45) is 1.06. The Balaban J connectivity index is 1.40. The van der Waals surface area contributed by atoms with Gasteiger partial charge in [-0.2, -0.15) is 0 Å². The van der Waals surface area contributed by atoms with Gasteiger partial charge in [0.25, 0.3) is 0 Å². The number of aromatic nitrogens is 1. The highest BCUT2D eigenvalue weighted by Gasteiger charge is 2.08. The van der Waals surface area contributed by atoms with Crippen molar-refractivity contribution >= 4 is 49.6 Å². The van der Waals surface area contributed by atoms with Crippen molar-refractivity contribution < 1.29 is 9.53 Å². The van der Waals surface area contributed by atoms with Crippen LogP contribution in [0.5, 0.6) is 5.75 Å². The van der Waals surface area contributed by atoms with Crippen molar-refractivity contribution in [3.8, 4) is 16.3 Å². The highest BCUT2D eigenvalue weighted by atomic mass is 79.9. The molecule has 124 valence electrons. The molecule has 3 aromatic rings. The molecule has 0 unspecified atom stereocenters. The lowest BCUT2D eigenvalue weighted by atomic mass is 10.3. The second kappa shape index (κ2) is 8.41. The molecule has 3 rings (SSSR count). The second-order valence-electron chi connectivity index (χ2n) is 4.97. The summed E-state index contributed by atoms with van der Waals surface area (Å²) in [6.45, 7) is 0.507. The summed E-state index contributed by atoms with van der Waals surface area (Å²) in [5.74, 6) is 0.764. The molecule has 0 aliphatic heterocycles. The molecule has 24 heavy (non-hydrogen) atoms. The third-order valence-corrected chi connectivity index (χ3v) is 5.33. The Labute approximate surface area is 156 Å². The number of benzene rings is 1. The first kappa shape index (κ1) is 17.1. The fourth-order valence-electron chi connectivity index (χ4n) is 2.00. The van der Waals surface area contributed by atoms with Gasteiger partial charge in [0.2, 0.25) is 5.91 Å². The first-order valence-electron chi connectivity index (χ1n) is 7.38. The summed E-state index contributed by atoms with van der Waals surface area (Å²) in [6, 6.07) is 11.6. The van der Waals surface area contributed by atoms with Crippen molar-refractivity contribution in [2.75, 3.05) is 11.9 Å². The zero-order chi connectivity index (χ0) is 16.8. The van der Waals surface area contributed by atoms with Gasteiger partial charge in [-0.1, -0.05) is 22.0 Å². The molecule has 0 spiro atoms. The third-order valence-electron chi connectivity index (χ3n) is 3.15. The van der Waals surface area contributed by atoms with Crippen LogP contribution < -0.4 is 10.1 Å². The summed E-state index contributed by atoms with van der Waals surface area (Å²) in [7, 11) is 0. The number of carbonyl (C=O) groups excluding carboxylic acids is 1. The summed E-state index contributed by atoms with van der Waals surface area (Å²) < 4.78 is 6.62. The van der Waals surface area contributed by atoms with E-state index in [1.807, 2.05) is 47.2 Å². The number of nitrogens with zero attached hydrogens (tertiary/aromatic N) is 1. The summed E-state index contributed by atoms with van der Waals surface area (Å²) >= 11 is 6.46. The highest BCUT2D eigenvalue weighted by Crippen LogP contribution is 2.28. The van der Waals surface area contributed by atoms with E-state index in [4.69, 9.17) is 4.74 Å². The van der Waals surface area contributed by atoms with Crippen molar-refractivity contribution in [1.82, 2.24) is 4.98 Å². The van der Waals surface area contributed by atoms with Crippen LogP contribution in [0.25, 0.3) is 10.6 Å². The molecule has 7 heteroatoms. The fraction of sp³-hybridized carbons (Fsp3) is 0.176. The van der Waals surface area contributed by atoms with E-state index in [-0.39, 0.29) is 5.91 Å². The van der Waals surface area contributed by atoms with Crippen LogP contribution in [0.3, 0.4) is 0 Å². The number of hydrogen-bond acceptors (Lipinski definition) is 5. The molecule has 1 aromatic carbocycles. The van der Waals surface area contributed by atoms with Gasteiger partial charge in [0, 0.05) is 16.3 Å². The minimum absolute atomic E-state index is 0.0403. The Kier molecular flexibility index (Phi) is 6.01. The van der Waals surface area contributed by atoms with E-state index in [1.54, 1.807) is 11.3 Å². The molecule has 0 aliphatic carbocycles. The van der Waals surface area contributed by atoms with Gasteiger partial charge in [-0.05, 0) is 42.1 Å². The first-order valence-corrected chi connectivity index (χ1v) is 9.93. The Bertz CT molecular complexity index is 785. The number of ether oxygens (including phenoxy) is 1.